The monoisotopic (exact) mass is 271 g/mol. The summed E-state index contributed by atoms with van der Waals surface area (Å²) in [6.45, 7) is 6.07. The predicted molar refractivity (Wildman–Crippen MR) is 78.7 cm³/mol. The molecule has 0 spiro atoms. The molecule has 2 nitrogen and oxygen atoms in total. The van der Waals surface area contributed by atoms with Gasteiger partial charge >= 0.3 is 0 Å². The normalized spacial score (nSPS) is 15.3. The van der Waals surface area contributed by atoms with Crippen LogP contribution in [-0.4, -0.2) is 11.7 Å². The number of hydrogen-bond acceptors (Lipinski definition) is 2. The van der Waals surface area contributed by atoms with E-state index in [2.05, 4.69) is 12.5 Å². The molecule has 96 valence electrons. The van der Waals surface area contributed by atoms with Crippen molar-refractivity contribution in [1.82, 2.24) is 5.06 Å². The first-order valence-corrected chi connectivity index (χ1v) is 6.22. The van der Waals surface area contributed by atoms with E-state index >= 15 is 0 Å². The molecule has 0 saturated heterocycles. The Morgan fingerprint density at radius 1 is 1.37 bits per heavy atom. The molecule has 1 aliphatic rings. The molecular weight excluding hydrogens is 258 g/mol. The van der Waals surface area contributed by atoms with Gasteiger partial charge in [-0.15, -0.1) is 6.42 Å². The van der Waals surface area contributed by atoms with Crippen LogP contribution in [0, 0.1) is 12.3 Å². The van der Waals surface area contributed by atoms with Crippen LogP contribution in [0.1, 0.15) is 12.5 Å². The van der Waals surface area contributed by atoms with E-state index in [9.17, 15) is 0 Å². The highest BCUT2D eigenvalue weighted by Gasteiger charge is 2.23. The van der Waals surface area contributed by atoms with E-state index < -0.39 is 0 Å². The fourth-order valence-electron chi connectivity index (χ4n) is 1.92. The number of halogens is 1. The summed E-state index contributed by atoms with van der Waals surface area (Å²) in [5.74, 6) is 2.45. The van der Waals surface area contributed by atoms with E-state index in [1.165, 1.54) is 0 Å². The van der Waals surface area contributed by atoms with Gasteiger partial charge in [-0.3, -0.25) is 4.84 Å². The Balaban J connectivity index is 2.48. The molecule has 0 saturated carbocycles. The summed E-state index contributed by atoms with van der Waals surface area (Å²) < 4.78 is 0. The number of rotatable bonds is 3. The fraction of sp³-hybridized carbons (Fsp3) is 0.125. The van der Waals surface area contributed by atoms with Gasteiger partial charge in [-0.2, -0.15) is 0 Å². The summed E-state index contributed by atoms with van der Waals surface area (Å²) >= 11 is 6.14. The largest absolute Gasteiger partial charge is 0.256 e. The van der Waals surface area contributed by atoms with Gasteiger partial charge in [0.2, 0.25) is 0 Å². The van der Waals surface area contributed by atoms with Gasteiger partial charge in [0.15, 0.2) is 0 Å². The second kappa shape index (κ2) is 5.79. The van der Waals surface area contributed by atoms with E-state index in [1.807, 2.05) is 43.3 Å². The van der Waals surface area contributed by atoms with E-state index in [-0.39, 0.29) is 6.61 Å². The minimum atomic E-state index is 0.160. The van der Waals surface area contributed by atoms with Crippen molar-refractivity contribution in [1.29, 1.82) is 0 Å². The summed E-state index contributed by atoms with van der Waals surface area (Å²) in [5, 5.41) is 2.15. The van der Waals surface area contributed by atoms with Crippen molar-refractivity contribution in [3.63, 3.8) is 0 Å². The van der Waals surface area contributed by atoms with Gasteiger partial charge in [0.1, 0.15) is 6.61 Å². The Labute approximate surface area is 118 Å². The van der Waals surface area contributed by atoms with Crippen molar-refractivity contribution in [2.75, 3.05) is 6.61 Å². The van der Waals surface area contributed by atoms with Crippen molar-refractivity contribution < 1.29 is 4.84 Å². The summed E-state index contributed by atoms with van der Waals surface area (Å²) in [6.07, 6.45) is 7.13. The summed E-state index contributed by atoms with van der Waals surface area (Å²) in [4.78, 5) is 5.57. The molecule has 1 aliphatic heterocycles. The molecule has 0 fully saturated rings. The van der Waals surface area contributed by atoms with Crippen LogP contribution in [0.2, 0.25) is 0 Å². The molecule has 0 radical (unpaired) electrons. The Morgan fingerprint density at radius 3 is 2.68 bits per heavy atom. The fourth-order valence-corrected chi connectivity index (χ4v) is 2.16. The van der Waals surface area contributed by atoms with Gasteiger partial charge in [0.05, 0.1) is 16.4 Å². The highest BCUT2D eigenvalue weighted by Crippen LogP contribution is 2.36. The lowest BCUT2D eigenvalue weighted by Gasteiger charge is -2.31. The third kappa shape index (κ3) is 2.73. The van der Waals surface area contributed by atoms with E-state index in [0.717, 1.165) is 16.8 Å². The van der Waals surface area contributed by atoms with E-state index in [1.54, 1.807) is 5.06 Å². The molecule has 19 heavy (non-hydrogen) atoms. The third-order valence-corrected chi connectivity index (χ3v) is 3.09. The molecule has 0 aliphatic carbocycles. The van der Waals surface area contributed by atoms with Crippen LogP contribution in [-0.2, 0) is 4.84 Å². The average molecular weight is 272 g/mol. The van der Waals surface area contributed by atoms with Gasteiger partial charge in [-0.25, -0.2) is 5.06 Å². The summed E-state index contributed by atoms with van der Waals surface area (Å²) in [7, 11) is 0. The Kier molecular flexibility index (Phi) is 4.11. The molecular formula is C16H14ClNO. The number of terminal acetylenes is 1. The first kappa shape index (κ1) is 13.5. The van der Waals surface area contributed by atoms with Gasteiger partial charge in [-0.05, 0) is 18.6 Å². The van der Waals surface area contributed by atoms with Gasteiger partial charge in [0, 0.05) is 5.56 Å². The SMILES string of the molecule is C#CCON1C(=C)C(Cl)=CC(C)=C1c1ccccc1. The lowest BCUT2D eigenvalue weighted by Crippen LogP contribution is -2.25. The van der Waals surface area contributed by atoms with Crippen molar-refractivity contribution in [2.45, 2.75) is 6.92 Å². The van der Waals surface area contributed by atoms with Crippen LogP contribution in [0.3, 0.4) is 0 Å². The lowest BCUT2D eigenvalue weighted by molar-refractivity contribution is -0.0619. The number of hydrogen-bond donors (Lipinski definition) is 0. The third-order valence-electron chi connectivity index (χ3n) is 2.76. The molecule has 3 heteroatoms. The van der Waals surface area contributed by atoms with Crippen LogP contribution >= 0.6 is 11.6 Å². The predicted octanol–water partition coefficient (Wildman–Crippen LogP) is 3.93. The molecule has 2 rings (SSSR count). The Bertz CT molecular complexity index is 593. The molecule has 0 N–H and O–H groups in total. The van der Waals surface area contributed by atoms with Crippen molar-refractivity contribution in [3.05, 3.63) is 64.9 Å². The minimum absolute atomic E-state index is 0.160. The second-order valence-electron chi connectivity index (χ2n) is 4.11. The van der Waals surface area contributed by atoms with Gasteiger partial charge < -0.3 is 0 Å². The van der Waals surface area contributed by atoms with Crippen LogP contribution in [0.5, 0.6) is 0 Å². The van der Waals surface area contributed by atoms with Gasteiger partial charge in [-0.1, -0.05) is 54.4 Å². The van der Waals surface area contributed by atoms with Crippen LogP contribution < -0.4 is 0 Å². The number of allylic oxidation sites excluding steroid dienone is 3. The topological polar surface area (TPSA) is 12.5 Å². The lowest BCUT2D eigenvalue weighted by atomic mass is 10.0. The smallest absolute Gasteiger partial charge is 0.136 e. The summed E-state index contributed by atoms with van der Waals surface area (Å²) in [5.41, 5.74) is 3.52. The number of nitrogens with zero attached hydrogens (tertiary/aromatic N) is 1. The minimum Gasteiger partial charge on any atom is -0.256 e. The van der Waals surface area contributed by atoms with E-state index in [0.29, 0.717) is 10.7 Å². The summed E-state index contributed by atoms with van der Waals surface area (Å²) in [6, 6.07) is 9.92. The standard InChI is InChI=1S/C16H14ClNO/c1-4-10-19-18-13(3)15(17)11-12(2)16(18)14-8-6-5-7-9-14/h1,5-9,11H,3,10H2,2H3. The van der Waals surface area contributed by atoms with Gasteiger partial charge in [0.25, 0.3) is 0 Å². The number of hydroxylamine groups is 2. The molecule has 0 aromatic heterocycles. The molecule has 0 bridgehead atoms. The zero-order valence-electron chi connectivity index (χ0n) is 10.7. The second-order valence-corrected chi connectivity index (χ2v) is 4.52. The zero-order valence-corrected chi connectivity index (χ0v) is 11.4. The maximum absolute atomic E-state index is 6.14. The molecule has 1 aromatic carbocycles. The first-order chi connectivity index (χ1) is 9.15. The van der Waals surface area contributed by atoms with Crippen LogP contribution in [0.4, 0.5) is 0 Å². The number of benzene rings is 1. The maximum atomic E-state index is 6.14. The van der Waals surface area contributed by atoms with Crippen molar-refractivity contribution >= 4 is 17.3 Å². The zero-order chi connectivity index (χ0) is 13.8. The molecule has 0 unspecified atom stereocenters. The highest BCUT2D eigenvalue weighted by molar-refractivity contribution is 6.32. The highest BCUT2D eigenvalue weighted by atomic mass is 35.5. The van der Waals surface area contributed by atoms with Crippen LogP contribution in [0.15, 0.2) is 59.3 Å². The average Bonchev–Trinajstić information content (AvgIpc) is 2.42. The van der Waals surface area contributed by atoms with E-state index in [4.69, 9.17) is 22.9 Å². The quantitative estimate of drug-likeness (QED) is 0.772. The molecule has 1 heterocycles. The van der Waals surface area contributed by atoms with Crippen molar-refractivity contribution in [3.8, 4) is 12.3 Å². The Hall–Kier alpha value is -1.95. The first-order valence-electron chi connectivity index (χ1n) is 5.84. The molecule has 0 atom stereocenters. The maximum Gasteiger partial charge on any atom is 0.136 e. The molecule has 0 amide bonds. The molecule has 1 aromatic rings. The van der Waals surface area contributed by atoms with Crippen LogP contribution in [0.25, 0.3) is 5.70 Å². The Morgan fingerprint density at radius 2 is 2.05 bits per heavy atom. The van der Waals surface area contributed by atoms with Crippen molar-refractivity contribution in [2.24, 2.45) is 0 Å².